The molecule has 0 bridgehead atoms. The van der Waals surface area contributed by atoms with Gasteiger partial charge in [0.05, 0.1) is 22.3 Å². The molecule has 1 atom stereocenters. The fourth-order valence-corrected chi connectivity index (χ4v) is 2.41. The molecule has 0 saturated heterocycles. The zero-order chi connectivity index (χ0) is 13.2. The van der Waals surface area contributed by atoms with Crippen LogP contribution in [0.3, 0.4) is 0 Å². The summed E-state index contributed by atoms with van der Waals surface area (Å²) in [6.45, 7) is 5.68. The van der Waals surface area contributed by atoms with Gasteiger partial charge in [-0.3, -0.25) is 9.48 Å². The van der Waals surface area contributed by atoms with E-state index in [9.17, 15) is 9.90 Å². The number of aryl methyl sites for hydroxylation is 2. The predicted octanol–water partition coefficient (Wildman–Crippen LogP) is 1.87. The van der Waals surface area contributed by atoms with Gasteiger partial charge in [0, 0.05) is 7.05 Å². The van der Waals surface area contributed by atoms with E-state index in [0.717, 1.165) is 22.3 Å². The van der Waals surface area contributed by atoms with E-state index >= 15 is 0 Å². The second kappa shape index (κ2) is 5.78. The molecule has 96 valence electrons. The molecule has 0 amide bonds. The minimum absolute atomic E-state index is 0.0554. The van der Waals surface area contributed by atoms with Crippen molar-refractivity contribution in [2.45, 2.75) is 39.7 Å². The maximum atomic E-state index is 11.8. The zero-order valence-electron chi connectivity index (χ0n) is 10.7. The third-order valence-corrected chi connectivity index (χ3v) is 3.72. The number of aliphatic hydroxyl groups excluding tert-OH is 1. The van der Waals surface area contributed by atoms with Crippen LogP contribution in [-0.2, 0) is 24.7 Å². The van der Waals surface area contributed by atoms with Gasteiger partial charge in [0.25, 0.3) is 0 Å². The lowest BCUT2D eigenvalue weighted by molar-refractivity contribution is -0.128. The molecule has 0 aliphatic rings. The van der Waals surface area contributed by atoms with Crippen LogP contribution in [0.15, 0.2) is 4.47 Å². The number of carbonyl (C=O) groups is 1. The molecule has 4 nitrogen and oxygen atoms in total. The largest absolute Gasteiger partial charge is 0.385 e. The third-order valence-electron chi connectivity index (χ3n) is 2.81. The van der Waals surface area contributed by atoms with Crippen LogP contribution in [0.1, 0.15) is 32.2 Å². The predicted molar refractivity (Wildman–Crippen MR) is 69.8 cm³/mol. The van der Waals surface area contributed by atoms with Crippen molar-refractivity contribution in [2.24, 2.45) is 13.0 Å². The third kappa shape index (κ3) is 3.16. The Morgan fingerprint density at radius 1 is 1.53 bits per heavy atom. The molecule has 1 N–H and O–H groups in total. The number of Topliss-reactive ketones (excluding diaryl/α,β-unsaturated/α-hetero) is 1. The van der Waals surface area contributed by atoms with Gasteiger partial charge in [-0.15, -0.1) is 0 Å². The normalized spacial score (nSPS) is 13.1. The molecule has 1 aromatic rings. The van der Waals surface area contributed by atoms with E-state index in [1.165, 1.54) is 0 Å². The molecule has 1 unspecified atom stereocenters. The van der Waals surface area contributed by atoms with Crippen molar-refractivity contribution in [3.8, 4) is 0 Å². The average Bonchev–Trinajstić information content (AvgIpc) is 2.55. The maximum absolute atomic E-state index is 11.8. The highest BCUT2D eigenvalue weighted by Gasteiger charge is 2.22. The molecule has 17 heavy (non-hydrogen) atoms. The Morgan fingerprint density at radius 2 is 2.12 bits per heavy atom. The van der Waals surface area contributed by atoms with Crippen LogP contribution < -0.4 is 0 Å². The molecule has 0 aromatic carbocycles. The molecule has 1 heterocycles. The Hall–Kier alpha value is -0.680. The number of aromatic nitrogens is 2. The van der Waals surface area contributed by atoms with Gasteiger partial charge in [0.15, 0.2) is 5.78 Å². The first-order valence-electron chi connectivity index (χ1n) is 5.79. The molecule has 0 saturated carbocycles. The summed E-state index contributed by atoms with van der Waals surface area (Å²) >= 11 is 3.46. The molecular formula is C12H19BrN2O2. The van der Waals surface area contributed by atoms with Crippen LogP contribution in [0.25, 0.3) is 0 Å². The first-order valence-corrected chi connectivity index (χ1v) is 6.58. The van der Waals surface area contributed by atoms with Gasteiger partial charge < -0.3 is 5.11 Å². The number of nitrogens with zero attached hydrogens (tertiary/aromatic N) is 2. The second-order valence-electron chi connectivity index (χ2n) is 4.52. The number of aliphatic hydroxyl groups is 1. The maximum Gasteiger partial charge on any atom is 0.167 e. The van der Waals surface area contributed by atoms with Crippen molar-refractivity contribution in [1.29, 1.82) is 0 Å². The first-order chi connectivity index (χ1) is 7.88. The fraction of sp³-hybridized carbons (Fsp3) is 0.667. The summed E-state index contributed by atoms with van der Waals surface area (Å²) in [5.41, 5.74) is 1.76. The van der Waals surface area contributed by atoms with Crippen molar-refractivity contribution >= 4 is 21.7 Å². The number of rotatable bonds is 5. The Bertz CT molecular complexity index is 413. The molecule has 1 rings (SSSR count). The summed E-state index contributed by atoms with van der Waals surface area (Å²) in [5, 5.41) is 14.0. The Balaban J connectivity index is 2.89. The highest BCUT2D eigenvalue weighted by Crippen LogP contribution is 2.22. The highest BCUT2D eigenvalue weighted by atomic mass is 79.9. The van der Waals surface area contributed by atoms with E-state index in [1.807, 2.05) is 27.8 Å². The van der Waals surface area contributed by atoms with E-state index in [0.29, 0.717) is 0 Å². The van der Waals surface area contributed by atoms with Crippen LogP contribution in [-0.4, -0.2) is 26.8 Å². The summed E-state index contributed by atoms with van der Waals surface area (Å²) in [4.78, 5) is 11.8. The molecule has 0 aliphatic carbocycles. The Labute approximate surface area is 110 Å². The number of carbonyl (C=O) groups excluding carboxylic acids is 1. The minimum atomic E-state index is -0.901. The quantitative estimate of drug-likeness (QED) is 0.903. The summed E-state index contributed by atoms with van der Waals surface area (Å²) in [6.07, 6.45) is 0.126. The number of hydrogen-bond donors (Lipinski definition) is 1. The topological polar surface area (TPSA) is 55.1 Å². The van der Waals surface area contributed by atoms with Crippen molar-refractivity contribution in [2.75, 3.05) is 0 Å². The van der Waals surface area contributed by atoms with Gasteiger partial charge in [-0.2, -0.15) is 5.10 Å². The van der Waals surface area contributed by atoms with Crippen LogP contribution >= 0.6 is 15.9 Å². The second-order valence-corrected chi connectivity index (χ2v) is 5.31. The van der Waals surface area contributed by atoms with Gasteiger partial charge in [0.2, 0.25) is 0 Å². The molecule has 0 radical (unpaired) electrons. The van der Waals surface area contributed by atoms with Crippen LogP contribution in [0.4, 0.5) is 0 Å². The summed E-state index contributed by atoms with van der Waals surface area (Å²) < 4.78 is 2.58. The van der Waals surface area contributed by atoms with E-state index in [2.05, 4.69) is 21.0 Å². The summed E-state index contributed by atoms with van der Waals surface area (Å²) in [6, 6.07) is 0. The van der Waals surface area contributed by atoms with Crippen molar-refractivity contribution in [3.63, 3.8) is 0 Å². The lowest BCUT2D eigenvalue weighted by Crippen LogP contribution is -2.28. The lowest BCUT2D eigenvalue weighted by atomic mass is 10.00. The van der Waals surface area contributed by atoms with Gasteiger partial charge in [-0.05, 0) is 28.3 Å². The van der Waals surface area contributed by atoms with Crippen LogP contribution in [0, 0.1) is 5.92 Å². The summed E-state index contributed by atoms with van der Waals surface area (Å²) in [7, 11) is 1.81. The van der Waals surface area contributed by atoms with Crippen molar-refractivity contribution in [1.82, 2.24) is 9.78 Å². The minimum Gasteiger partial charge on any atom is -0.385 e. The van der Waals surface area contributed by atoms with Crippen LogP contribution in [0.2, 0.25) is 0 Å². The fourth-order valence-electron chi connectivity index (χ4n) is 1.65. The van der Waals surface area contributed by atoms with Crippen molar-refractivity contribution < 1.29 is 9.90 Å². The zero-order valence-corrected chi connectivity index (χ0v) is 12.3. The van der Waals surface area contributed by atoms with Crippen LogP contribution in [0.5, 0.6) is 0 Å². The van der Waals surface area contributed by atoms with E-state index in [1.54, 1.807) is 4.68 Å². The number of ketones is 1. The SMILES string of the molecule is CCc1nn(C)c(CC(=O)C(O)C(C)C)c1Br. The standard InChI is InChI=1S/C12H19BrN2O2/c1-5-8-11(13)9(15(4)14-8)6-10(16)12(17)7(2)3/h7,12,17H,5-6H2,1-4H3. The molecular weight excluding hydrogens is 284 g/mol. The van der Waals surface area contributed by atoms with Gasteiger partial charge in [-0.25, -0.2) is 0 Å². The van der Waals surface area contributed by atoms with E-state index in [-0.39, 0.29) is 18.1 Å². The number of hydrogen-bond acceptors (Lipinski definition) is 3. The monoisotopic (exact) mass is 302 g/mol. The Kier molecular flexibility index (Phi) is 4.89. The molecule has 0 aliphatic heterocycles. The molecule has 0 spiro atoms. The summed E-state index contributed by atoms with van der Waals surface area (Å²) in [5.74, 6) is -0.216. The van der Waals surface area contributed by atoms with Crippen molar-refractivity contribution in [3.05, 3.63) is 15.9 Å². The number of halogens is 1. The van der Waals surface area contributed by atoms with E-state index in [4.69, 9.17) is 0 Å². The molecule has 1 aromatic heterocycles. The van der Waals surface area contributed by atoms with E-state index < -0.39 is 6.10 Å². The molecule has 0 fully saturated rings. The highest BCUT2D eigenvalue weighted by molar-refractivity contribution is 9.10. The van der Waals surface area contributed by atoms with Gasteiger partial charge >= 0.3 is 0 Å². The Morgan fingerprint density at radius 3 is 2.53 bits per heavy atom. The molecule has 5 heteroatoms. The van der Waals surface area contributed by atoms with Gasteiger partial charge in [-0.1, -0.05) is 20.8 Å². The average molecular weight is 303 g/mol. The first kappa shape index (κ1) is 14.4. The van der Waals surface area contributed by atoms with Gasteiger partial charge in [0.1, 0.15) is 6.10 Å². The smallest absolute Gasteiger partial charge is 0.167 e. The lowest BCUT2D eigenvalue weighted by Gasteiger charge is -2.13.